The Hall–Kier alpha value is -7.73. The summed E-state index contributed by atoms with van der Waals surface area (Å²) in [5.74, 6) is -8.76. The van der Waals surface area contributed by atoms with Crippen LogP contribution in [0.5, 0.6) is 0 Å². The molecule has 498 valence electrons. The van der Waals surface area contributed by atoms with Crippen molar-refractivity contribution in [3.8, 4) is 0 Å². The number of aryl methyl sites for hydroxylation is 1. The Kier molecular flexibility index (Phi) is 30.1. The molecule has 2 aromatic rings. The van der Waals surface area contributed by atoms with Gasteiger partial charge in [0.25, 0.3) is 0 Å². The van der Waals surface area contributed by atoms with Crippen LogP contribution < -0.4 is 53.2 Å². The number of nitrogens with one attached hydrogen (secondary N) is 10. The fraction of sp³-hybridized carbons (Fsp3) is 0.621. The van der Waals surface area contributed by atoms with Crippen molar-refractivity contribution in [2.24, 2.45) is 29.6 Å². The number of hydrogen-bond donors (Lipinski definition) is 12. The number of carbonyl (C=O) groups excluding carboxylic acids is 11. The van der Waals surface area contributed by atoms with Gasteiger partial charge in [-0.2, -0.15) is 0 Å². The van der Waals surface area contributed by atoms with Gasteiger partial charge >= 0.3 is 0 Å². The highest BCUT2D eigenvalue weighted by Crippen LogP contribution is 2.22. The predicted molar refractivity (Wildman–Crippen MR) is 342 cm³/mol. The van der Waals surface area contributed by atoms with Crippen molar-refractivity contribution in [3.63, 3.8) is 0 Å². The lowest BCUT2D eigenvalue weighted by Crippen LogP contribution is -2.61. The van der Waals surface area contributed by atoms with Gasteiger partial charge in [0.05, 0.1) is 18.8 Å². The summed E-state index contributed by atoms with van der Waals surface area (Å²) in [6.07, 6.45) is 3.35. The lowest BCUT2D eigenvalue weighted by molar-refractivity contribution is -0.142. The number of benzene rings is 2. The lowest BCUT2D eigenvalue weighted by atomic mass is 9.95. The number of aliphatic hydroxyl groups excluding tert-OH is 2. The van der Waals surface area contributed by atoms with Crippen molar-refractivity contribution in [1.82, 2.24) is 58.1 Å². The van der Waals surface area contributed by atoms with Crippen molar-refractivity contribution >= 4 is 77.1 Å². The van der Waals surface area contributed by atoms with E-state index in [1.54, 1.807) is 27.7 Å². The van der Waals surface area contributed by atoms with E-state index in [4.69, 9.17) is 0 Å². The molecule has 0 saturated carbocycles. The van der Waals surface area contributed by atoms with E-state index in [2.05, 4.69) is 53.2 Å². The first-order chi connectivity index (χ1) is 42.4. The van der Waals surface area contributed by atoms with Crippen LogP contribution in [0.1, 0.15) is 157 Å². The number of fused-ring (bicyclic) bond motifs is 5. The molecule has 0 aliphatic carbocycles. The number of carbonyl (C=O) groups is 11. The molecule has 1 saturated heterocycles. The molecule has 0 radical (unpaired) electrons. The van der Waals surface area contributed by atoms with Gasteiger partial charge in [-0.25, -0.2) is 0 Å². The third kappa shape index (κ3) is 23.9. The topological polar surface area (TPSA) is 352 Å². The summed E-state index contributed by atoms with van der Waals surface area (Å²) in [6, 6.07) is 4.13. The second-order valence-electron chi connectivity index (χ2n) is 25.7. The van der Waals surface area contributed by atoms with Crippen molar-refractivity contribution in [2.45, 2.75) is 214 Å². The molecule has 2 aliphatic heterocycles. The van der Waals surface area contributed by atoms with Gasteiger partial charge in [-0.05, 0) is 118 Å². The number of rotatable bonds is 11. The molecule has 90 heavy (non-hydrogen) atoms. The Morgan fingerprint density at radius 3 is 1.53 bits per heavy atom. The Morgan fingerprint density at radius 2 is 0.978 bits per heavy atom. The zero-order valence-corrected chi connectivity index (χ0v) is 54.8. The average Bonchev–Trinajstić information content (AvgIpc) is 4.13. The van der Waals surface area contributed by atoms with Crippen LogP contribution in [0.15, 0.2) is 48.5 Å². The molecule has 1 fully saturated rings. The van der Waals surface area contributed by atoms with E-state index in [0.717, 1.165) is 22.3 Å². The van der Waals surface area contributed by atoms with Gasteiger partial charge in [-0.1, -0.05) is 136 Å². The van der Waals surface area contributed by atoms with Crippen molar-refractivity contribution < 1.29 is 63.0 Å². The normalized spacial score (nSPS) is 26.0. The van der Waals surface area contributed by atoms with Crippen molar-refractivity contribution in [2.75, 3.05) is 19.6 Å². The highest BCUT2D eigenvalue weighted by atomic mass is 16.3. The van der Waals surface area contributed by atoms with Crippen LogP contribution in [0.3, 0.4) is 0 Å². The molecule has 12 N–H and O–H groups in total. The molecule has 2 aliphatic rings. The maximum Gasteiger partial charge on any atom is 0.245 e. The highest BCUT2D eigenvalue weighted by Gasteiger charge is 2.41. The van der Waals surface area contributed by atoms with Gasteiger partial charge in [0.1, 0.15) is 54.4 Å². The van der Waals surface area contributed by atoms with E-state index in [1.807, 2.05) is 102 Å². The van der Waals surface area contributed by atoms with Gasteiger partial charge < -0.3 is 68.3 Å². The van der Waals surface area contributed by atoms with E-state index in [9.17, 15) is 63.0 Å². The Morgan fingerprint density at radius 1 is 0.489 bits per heavy atom. The minimum Gasteiger partial charge on any atom is -0.391 e. The molecule has 24 nitrogen and oxygen atoms in total. The van der Waals surface area contributed by atoms with E-state index in [0.29, 0.717) is 25.7 Å². The minimum absolute atomic E-state index is 0.0575. The first kappa shape index (κ1) is 74.7. The third-order valence-corrected chi connectivity index (χ3v) is 15.9. The zero-order valence-electron chi connectivity index (χ0n) is 54.8. The van der Waals surface area contributed by atoms with E-state index in [1.165, 1.54) is 25.7 Å². The summed E-state index contributed by atoms with van der Waals surface area (Å²) >= 11 is 0. The van der Waals surface area contributed by atoms with Gasteiger partial charge in [-0.15, -0.1) is 0 Å². The van der Waals surface area contributed by atoms with Crippen LogP contribution >= 0.6 is 0 Å². The fourth-order valence-electron chi connectivity index (χ4n) is 10.7. The molecule has 4 bridgehead atoms. The summed E-state index contributed by atoms with van der Waals surface area (Å²) in [5.41, 5.74) is 3.45. The summed E-state index contributed by atoms with van der Waals surface area (Å²) in [5, 5.41) is 48.1. The Balaban J connectivity index is 1.65. The molecular formula is C66H101N11O13. The smallest absolute Gasteiger partial charge is 0.245 e. The van der Waals surface area contributed by atoms with Crippen LogP contribution in [0, 0.1) is 29.6 Å². The average molecular weight is 1260 g/mol. The molecule has 24 heteroatoms. The monoisotopic (exact) mass is 1260 g/mol. The molecule has 7 unspecified atom stereocenters. The maximum atomic E-state index is 14.5. The molecule has 11 amide bonds. The minimum atomic E-state index is -1.65. The summed E-state index contributed by atoms with van der Waals surface area (Å²) in [6.45, 7) is 21.8. The largest absolute Gasteiger partial charge is 0.391 e. The zero-order chi connectivity index (χ0) is 67.1. The Bertz CT molecular complexity index is 2840. The summed E-state index contributed by atoms with van der Waals surface area (Å²) in [7, 11) is 0. The standard InChI is InChI=1S/C66H101N11O13/c1-14-40(10)55-64(88)74-54(39(8)9)63(87)71-49(31-37(4)5)60(84)72-50(32-38(6)7)66(90)77-29-17-22-51(77)61(85)68-35-53(81)70-48(30-36(2)3)59(83)69-41(11)58(82)75-57(43(13)79)65(89)76-56(42(12)78)62(86)67-28-27-47-21-16-19-45(34-47)24-23-44-18-15-20-46(33-44)25-26-52(80)73-55/h15-16,18-21,23-24,33-34,36-43,48-51,54-57,78-79H,14,17,22,25-32,35H2,1-13H3,(H,67,86)(H,68,85)(H,69,83)(H,70,81)(H,71,87)(H,72,84)(H,73,80)(H,74,88)(H,75,82)(H,76,89)/b24-23+/t40?,41-,42?,43?,48?,49?,50-,51+,54-,55?,56?,57-/m0/s1. The van der Waals surface area contributed by atoms with E-state index < -0.39 is 138 Å². The van der Waals surface area contributed by atoms with Crippen LogP contribution in [-0.4, -0.2) is 166 Å². The van der Waals surface area contributed by atoms with Crippen molar-refractivity contribution in [3.05, 3.63) is 70.8 Å². The molecule has 0 aromatic heterocycles. The van der Waals surface area contributed by atoms with Crippen molar-refractivity contribution in [1.29, 1.82) is 0 Å². The quantitative estimate of drug-likeness (QED) is 0.154. The first-order valence-corrected chi connectivity index (χ1v) is 31.9. The van der Waals surface area contributed by atoms with Gasteiger partial charge in [-0.3, -0.25) is 52.7 Å². The maximum absolute atomic E-state index is 14.5. The SMILES string of the molecule is CCC(C)C1NC(=O)CCc2cccc(c2)/C=C/c2cccc(c2)CCNC(=O)C(C(C)O)NC(=O)[C@H](C(C)O)NC(=O)[C@H](C)NC(=O)C(CC(C)C)NC(=O)CNC(=O)[C@H]2CCCN2C(=O)[C@H](CC(C)C)NC(=O)C(CC(C)C)NC(=O)[C@H](C(C)C)NC1=O. The predicted octanol–water partition coefficient (Wildman–Crippen LogP) is 2.07. The molecular weight excluding hydrogens is 1150 g/mol. The van der Waals surface area contributed by atoms with Gasteiger partial charge in [0.15, 0.2) is 0 Å². The molecule has 2 heterocycles. The molecule has 4 rings (SSSR count). The van der Waals surface area contributed by atoms with Crippen LogP contribution in [0.2, 0.25) is 0 Å². The van der Waals surface area contributed by atoms with Gasteiger partial charge in [0.2, 0.25) is 65.0 Å². The van der Waals surface area contributed by atoms with Crippen LogP contribution in [0.4, 0.5) is 0 Å². The Labute approximate surface area is 530 Å². The van der Waals surface area contributed by atoms with E-state index >= 15 is 0 Å². The second kappa shape index (κ2) is 36.2. The lowest BCUT2D eigenvalue weighted by Gasteiger charge is -2.32. The molecule has 0 spiro atoms. The number of hydrogen-bond acceptors (Lipinski definition) is 13. The summed E-state index contributed by atoms with van der Waals surface area (Å²) in [4.78, 5) is 154. The molecule has 2 aromatic carbocycles. The fourth-order valence-corrected chi connectivity index (χ4v) is 10.7. The second-order valence-corrected chi connectivity index (χ2v) is 25.7. The number of amides is 11. The van der Waals surface area contributed by atoms with Crippen LogP contribution in [0.25, 0.3) is 12.2 Å². The number of aliphatic hydroxyl groups is 2. The number of nitrogens with zero attached hydrogens (tertiary/aromatic N) is 1. The van der Waals surface area contributed by atoms with Gasteiger partial charge in [0, 0.05) is 19.5 Å². The van der Waals surface area contributed by atoms with Crippen LogP contribution in [-0.2, 0) is 65.6 Å². The summed E-state index contributed by atoms with van der Waals surface area (Å²) < 4.78 is 0. The molecule has 12 atom stereocenters. The highest BCUT2D eigenvalue weighted by molar-refractivity contribution is 5.99. The first-order valence-electron chi connectivity index (χ1n) is 31.9. The third-order valence-electron chi connectivity index (χ3n) is 15.9. The van der Waals surface area contributed by atoms with E-state index in [-0.39, 0.29) is 74.8 Å².